The van der Waals surface area contributed by atoms with E-state index in [1.165, 1.54) is 24.5 Å². The number of rotatable bonds is 8. The monoisotopic (exact) mass is 780 g/mol. The summed E-state index contributed by atoms with van der Waals surface area (Å²) in [5, 5.41) is 22.8. The van der Waals surface area contributed by atoms with Gasteiger partial charge in [-0.2, -0.15) is 0 Å². The molecule has 0 atom stereocenters. The molecule has 4 heterocycles. The van der Waals surface area contributed by atoms with E-state index in [9.17, 15) is 38.2 Å². The van der Waals surface area contributed by atoms with Gasteiger partial charge in [0.2, 0.25) is 0 Å². The number of halogens is 2. The number of carboxylic acid groups (broad SMARTS) is 2. The van der Waals surface area contributed by atoms with E-state index in [0.29, 0.717) is 22.4 Å². The van der Waals surface area contributed by atoms with E-state index in [1.807, 2.05) is 9.80 Å². The molecule has 15 heteroatoms. The molecule has 8 rings (SSSR count). The van der Waals surface area contributed by atoms with Crippen molar-refractivity contribution in [1.82, 2.24) is 18.9 Å². The number of carbonyl (C=O) groups excluding carboxylic acids is 2. The summed E-state index contributed by atoms with van der Waals surface area (Å²) in [6.45, 7) is 12.5. The predicted molar refractivity (Wildman–Crippen MR) is 190 cm³/mol. The first-order valence-electron chi connectivity index (χ1n) is 18.1. The van der Waals surface area contributed by atoms with Crippen LogP contribution in [0.5, 0.6) is 0 Å². The van der Waals surface area contributed by atoms with Gasteiger partial charge in [-0.25, -0.2) is 8.78 Å². The van der Waals surface area contributed by atoms with Crippen LogP contribution >= 0.6 is 0 Å². The zero-order valence-corrected chi connectivity index (χ0v) is 33.1. The van der Waals surface area contributed by atoms with Crippen molar-refractivity contribution in [2.24, 2.45) is 0 Å². The molecular weight excluding hydrogens is 740 g/mol. The fourth-order valence-electron chi connectivity index (χ4n) is 7.41. The van der Waals surface area contributed by atoms with E-state index < -0.39 is 45.6 Å². The molecule has 2 aromatic heterocycles. The molecule has 0 amide bonds. The van der Waals surface area contributed by atoms with Gasteiger partial charge in [-0.05, 0) is 63.0 Å². The maximum absolute atomic E-state index is 14.8. The number of fused-ring (bicyclic) bond motifs is 2. The fourth-order valence-corrected chi connectivity index (χ4v) is 7.41. The van der Waals surface area contributed by atoms with Crippen LogP contribution in [-0.2, 0) is 19.5 Å². The number of aromatic nitrogens is 2. The van der Waals surface area contributed by atoms with Crippen molar-refractivity contribution in [2.75, 3.05) is 75.2 Å². The molecule has 4 aliphatic rings. The molecule has 2 aliphatic heterocycles. The summed E-state index contributed by atoms with van der Waals surface area (Å²) in [5.74, 6) is -4.02. The summed E-state index contributed by atoms with van der Waals surface area (Å²) >= 11 is 0. The van der Waals surface area contributed by atoms with Crippen molar-refractivity contribution in [2.45, 2.75) is 51.6 Å². The second-order valence-electron chi connectivity index (χ2n) is 14.1. The second-order valence-corrected chi connectivity index (χ2v) is 14.1. The number of anilines is 2. The van der Waals surface area contributed by atoms with Gasteiger partial charge in [0, 0.05) is 87.6 Å². The van der Waals surface area contributed by atoms with Crippen molar-refractivity contribution in [3.05, 3.63) is 79.9 Å². The molecule has 2 aliphatic carbocycles. The second kappa shape index (κ2) is 15.6. The molecule has 0 radical (unpaired) electrons. The quantitative estimate of drug-likeness (QED) is 0.244. The summed E-state index contributed by atoms with van der Waals surface area (Å²) in [7, 11) is 0. The number of piperazine rings is 2. The number of carbonyl (C=O) groups is 2. The van der Waals surface area contributed by atoms with E-state index in [2.05, 4.69) is 23.6 Å². The zero-order chi connectivity index (χ0) is 36.8. The predicted octanol–water partition coefficient (Wildman–Crippen LogP) is 1.96. The molecule has 0 spiro atoms. The van der Waals surface area contributed by atoms with Gasteiger partial charge in [0.15, 0.2) is 10.9 Å². The number of hydrogen-bond acceptors (Lipinski definition) is 10. The maximum Gasteiger partial charge on any atom is 2.00 e. The van der Waals surface area contributed by atoms with E-state index >= 15 is 0 Å². The average molecular weight is 782 g/mol. The van der Waals surface area contributed by atoms with Gasteiger partial charge >= 0.3 is 19.5 Å². The Hall–Kier alpha value is -4.20. The molecule has 53 heavy (non-hydrogen) atoms. The van der Waals surface area contributed by atoms with Crippen LogP contribution in [0.2, 0.25) is 0 Å². The van der Waals surface area contributed by atoms with Crippen molar-refractivity contribution < 1.29 is 48.1 Å². The number of carboxylic acids is 2. The summed E-state index contributed by atoms with van der Waals surface area (Å²) < 4.78 is 33.2. The molecule has 276 valence electrons. The Morgan fingerprint density at radius 1 is 0.623 bits per heavy atom. The molecule has 0 unspecified atom stereocenters. The van der Waals surface area contributed by atoms with Gasteiger partial charge in [0.05, 0.1) is 45.5 Å². The van der Waals surface area contributed by atoms with Crippen LogP contribution < -0.4 is 30.9 Å². The molecule has 2 saturated carbocycles. The first kappa shape index (κ1) is 38.5. The van der Waals surface area contributed by atoms with Crippen molar-refractivity contribution in [3.8, 4) is 0 Å². The smallest absolute Gasteiger partial charge is 0.545 e. The Kier molecular flexibility index (Phi) is 11.4. The molecule has 0 bridgehead atoms. The topological polar surface area (TPSA) is 137 Å². The summed E-state index contributed by atoms with van der Waals surface area (Å²) in [5.41, 5.74) is -0.0438. The van der Waals surface area contributed by atoms with Gasteiger partial charge in [-0.3, -0.25) is 9.59 Å². The maximum atomic E-state index is 14.8. The third-order valence-electron chi connectivity index (χ3n) is 10.8. The number of pyridine rings is 2. The zero-order valence-electron chi connectivity index (χ0n) is 30.1. The minimum absolute atomic E-state index is 0. The number of nitrogens with zero attached hydrogens (tertiary/aromatic N) is 6. The summed E-state index contributed by atoms with van der Waals surface area (Å²) in [6.07, 6.45) is 6.40. The van der Waals surface area contributed by atoms with E-state index in [4.69, 9.17) is 0 Å². The Bertz CT molecular complexity index is 2020. The minimum atomic E-state index is -1.52. The molecule has 4 aromatic rings. The number of benzene rings is 2. The average Bonchev–Trinajstić information content (AvgIpc) is 4.07. The van der Waals surface area contributed by atoms with Gasteiger partial charge in [0.1, 0.15) is 11.6 Å². The van der Waals surface area contributed by atoms with E-state index in [1.54, 1.807) is 21.3 Å². The van der Waals surface area contributed by atoms with Crippen LogP contribution in [0.25, 0.3) is 21.8 Å². The summed E-state index contributed by atoms with van der Waals surface area (Å²) in [4.78, 5) is 56.1. The Balaban J connectivity index is 0.000000178. The van der Waals surface area contributed by atoms with Crippen LogP contribution in [0.1, 0.15) is 72.3 Å². The first-order chi connectivity index (χ1) is 25.0. The van der Waals surface area contributed by atoms with Crippen LogP contribution in [0.3, 0.4) is 0 Å². The third-order valence-corrected chi connectivity index (χ3v) is 10.8. The third kappa shape index (κ3) is 7.74. The number of aromatic carboxylic acids is 2. The van der Waals surface area contributed by atoms with E-state index in [-0.39, 0.29) is 42.3 Å². The van der Waals surface area contributed by atoms with Gasteiger partial charge in [0.25, 0.3) is 0 Å². The summed E-state index contributed by atoms with van der Waals surface area (Å²) in [6, 6.07) is 6.09. The standard InChI is InChI=1S/2C19H22FN3O3.Zn/c2*1-2-21-5-7-22(8-6-21)17-10-16-13(9-15(17)20)18(24)14(19(25)26)11-23(16)12-3-4-12;/h2*9-12H,2-8H2,1H3,(H,25,26);/q;;+2/p-2. The van der Waals surface area contributed by atoms with Crippen LogP contribution in [0.15, 0.2) is 46.2 Å². The molecular formula is C38H42F2N6O6Zn. The molecule has 12 nitrogen and oxygen atoms in total. The van der Waals surface area contributed by atoms with Crippen LogP contribution in [0, 0.1) is 11.6 Å². The molecule has 2 saturated heterocycles. The Labute approximate surface area is 317 Å². The largest absolute Gasteiger partial charge is 2.00 e. The van der Waals surface area contributed by atoms with Crippen LogP contribution in [-0.4, -0.2) is 96.3 Å². The SMILES string of the molecule is CCN1CCN(c2cc3c(cc2F)c(=O)c(C(=O)[O-])cn3C2CC2)CC1.CCN1CCN(c2cc3c(cc2F)c(=O)c(C(=O)[O-])cn3C2CC2)CC1.[Zn+2]. The van der Waals surface area contributed by atoms with Gasteiger partial charge in [-0.15, -0.1) is 0 Å². The molecule has 4 fully saturated rings. The molecule has 2 aromatic carbocycles. The normalized spacial score (nSPS) is 18.1. The number of likely N-dealkylation sites (N-methyl/N-ethyl adjacent to an activating group) is 2. The minimum Gasteiger partial charge on any atom is -0.545 e. The fraction of sp³-hybridized carbons (Fsp3) is 0.474. The van der Waals surface area contributed by atoms with Crippen LogP contribution in [0.4, 0.5) is 20.2 Å². The molecule has 0 N–H and O–H groups in total. The van der Waals surface area contributed by atoms with Crippen molar-refractivity contribution in [1.29, 1.82) is 0 Å². The Morgan fingerprint density at radius 2 is 0.962 bits per heavy atom. The van der Waals surface area contributed by atoms with Gasteiger partial charge in [-0.1, -0.05) is 13.8 Å². The van der Waals surface area contributed by atoms with Gasteiger partial charge < -0.3 is 48.5 Å². The number of hydrogen-bond donors (Lipinski definition) is 0. The Morgan fingerprint density at radius 3 is 1.25 bits per heavy atom. The van der Waals surface area contributed by atoms with E-state index in [0.717, 1.165) is 91.1 Å². The van der Waals surface area contributed by atoms with Crippen molar-refractivity contribution in [3.63, 3.8) is 0 Å². The first-order valence-corrected chi connectivity index (χ1v) is 18.1. The van der Waals surface area contributed by atoms with Crippen molar-refractivity contribution >= 4 is 45.1 Å².